The zero-order chi connectivity index (χ0) is 8.39. The fourth-order valence-electron chi connectivity index (χ4n) is 1.65. The topological polar surface area (TPSA) is 35.8 Å². The third kappa shape index (κ3) is 1.09. The number of rotatable bonds is 1. The van der Waals surface area contributed by atoms with Crippen LogP contribution in [-0.4, -0.2) is 0 Å². The predicted octanol–water partition coefficient (Wildman–Crippen LogP) is 1.74. The molecule has 0 amide bonds. The lowest BCUT2D eigenvalue weighted by Crippen LogP contribution is -2.10. The lowest BCUT2D eigenvalue weighted by atomic mass is 10.0. The summed E-state index contributed by atoms with van der Waals surface area (Å²) in [5.41, 5.74) is 2.62. The number of nitrogens with one attached hydrogen (secondary N) is 1. The molecule has 60 valence electrons. The van der Waals surface area contributed by atoms with Gasteiger partial charge < -0.3 is 5.32 Å². The summed E-state index contributed by atoms with van der Waals surface area (Å²) in [5, 5.41) is 11.9. The van der Waals surface area contributed by atoms with Gasteiger partial charge in [-0.15, -0.1) is 0 Å². The first kappa shape index (κ1) is 7.33. The molecule has 1 aromatic carbocycles. The molecule has 1 N–H and O–H groups in total. The van der Waals surface area contributed by atoms with Gasteiger partial charge >= 0.3 is 0 Å². The zero-order valence-corrected chi connectivity index (χ0v) is 6.75. The number of fused-ring (bicyclic) bond motifs is 1. The van der Waals surface area contributed by atoms with Crippen molar-refractivity contribution in [3.8, 4) is 6.07 Å². The van der Waals surface area contributed by atoms with Crippen LogP contribution in [-0.2, 0) is 6.54 Å². The van der Waals surface area contributed by atoms with E-state index in [1.807, 2.05) is 12.1 Å². The average molecular weight is 158 g/mol. The maximum atomic E-state index is 8.56. The minimum atomic E-state index is 0.256. The summed E-state index contributed by atoms with van der Waals surface area (Å²) in [5.74, 6) is 0. The smallest absolute Gasteiger partial charge is 0.0641 e. The molecule has 12 heavy (non-hydrogen) atoms. The maximum Gasteiger partial charge on any atom is 0.0641 e. The highest BCUT2D eigenvalue weighted by Gasteiger charge is 2.19. The van der Waals surface area contributed by atoms with Crippen molar-refractivity contribution in [2.45, 2.75) is 19.0 Å². The van der Waals surface area contributed by atoms with E-state index in [1.165, 1.54) is 11.1 Å². The molecule has 0 aliphatic carbocycles. The van der Waals surface area contributed by atoms with E-state index in [0.717, 1.165) is 6.54 Å². The molecule has 0 radical (unpaired) electrons. The number of nitrogens with zero attached hydrogens (tertiary/aromatic N) is 1. The second-order valence-electron chi connectivity index (χ2n) is 2.99. The predicted molar refractivity (Wildman–Crippen MR) is 46.3 cm³/mol. The van der Waals surface area contributed by atoms with Gasteiger partial charge in [0, 0.05) is 12.6 Å². The molecule has 0 fully saturated rings. The molecule has 1 aliphatic heterocycles. The molecule has 2 rings (SSSR count). The van der Waals surface area contributed by atoms with Crippen LogP contribution in [0.5, 0.6) is 0 Å². The Balaban J connectivity index is 2.31. The van der Waals surface area contributed by atoms with Crippen molar-refractivity contribution >= 4 is 0 Å². The molecule has 0 spiro atoms. The molecule has 1 aliphatic rings. The quantitative estimate of drug-likeness (QED) is 0.675. The highest BCUT2D eigenvalue weighted by Crippen LogP contribution is 2.26. The van der Waals surface area contributed by atoms with Gasteiger partial charge in [-0.2, -0.15) is 5.26 Å². The molecule has 2 heteroatoms. The lowest BCUT2D eigenvalue weighted by Gasteiger charge is -2.05. The summed E-state index contributed by atoms with van der Waals surface area (Å²) in [6.07, 6.45) is 0.566. The van der Waals surface area contributed by atoms with E-state index in [4.69, 9.17) is 5.26 Å². The molecule has 0 saturated carbocycles. The van der Waals surface area contributed by atoms with Gasteiger partial charge in [0.2, 0.25) is 0 Å². The molecule has 2 nitrogen and oxygen atoms in total. The van der Waals surface area contributed by atoms with Gasteiger partial charge in [-0.05, 0) is 11.1 Å². The van der Waals surface area contributed by atoms with Crippen molar-refractivity contribution < 1.29 is 0 Å². The summed E-state index contributed by atoms with van der Waals surface area (Å²) >= 11 is 0. The number of hydrogen-bond donors (Lipinski definition) is 1. The number of hydrogen-bond acceptors (Lipinski definition) is 2. The first-order valence-electron chi connectivity index (χ1n) is 4.10. The Kier molecular flexibility index (Phi) is 1.81. The van der Waals surface area contributed by atoms with E-state index in [2.05, 4.69) is 23.5 Å². The Hall–Kier alpha value is -1.33. The van der Waals surface area contributed by atoms with Crippen LogP contribution < -0.4 is 5.32 Å². The Morgan fingerprint density at radius 2 is 2.33 bits per heavy atom. The van der Waals surface area contributed by atoms with Crippen molar-refractivity contribution in [1.29, 1.82) is 5.26 Å². The van der Waals surface area contributed by atoms with E-state index >= 15 is 0 Å². The molecule has 1 unspecified atom stereocenters. The van der Waals surface area contributed by atoms with Crippen molar-refractivity contribution in [1.82, 2.24) is 5.32 Å². The van der Waals surface area contributed by atoms with Gasteiger partial charge in [0.15, 0.2) is 0 Å². The monoisotopic (exact) mass is 158 g/mol. The van der Waals surface area contributed by atoms with Crippen LogP contribution in [0.3, 0.4) is 0 Å². The molecular weight excluding hydrogens is 148 g/mol. The Bertz CT molecular complexity index is 325. The van der Waals surface area contributed by atoms with Crippen molar-refractivity contribution in [2.24, 2.45) is 0 Å². The minimum absolute atomic E-state index is 0.256. The Morgan fingerprint density at radius 3 is 3.17 bits per heavy atom. The van der Waals surface area contributed by atoms with Crippen LogP contribution in [0, 0.1) is 11.3 Å². The van der Waals surface area contributed by atoms with Crippen molar-refractivity contribution in [3.05, 3.63) is 35.4 Å². The normalized spacial score (nSPS) is 20.1. The summed E-state index contributed by atoms with van der Waals surface area (Å²) in [7, 11) is 0. The fourth-order valence-corrected chi connectivity index (χ4v) is 1.65. The Labute approximate surface area is 71.8 Å². The summed E-state index contributed by atoms with van der Waals surface area (Å²) < 4.78 is 0. The molecular formula is C10H10N2. The zero-order valence-electron chi connectivity index (χ0n) is 6.75. The van der Waals surface area contributed by atoms with E-state index in [-0.39, 0.29) is 6.04 Å². The molecule has 1 heterocycles. The highest BCUT2D eigenvalue weighted by molar-refractivity contribution is 5.34. The standard InChI is InChI=1S/C10H10N2/c11-6-5-10-9-4-2-1-3-8(9)7-12-10/h1-4,10,12H,5,7H2. The molecule has 1 atom stereocenters. The minimum Gasteiger partial charge on any atom is -0.305 e. The highest BCUT2D eigenvalue weighted by atomic mass is 14.9. The first-order valence-corrected chi connectivity index (χ1v) is 4.10. The second kappa shape index (κ2) is 2.96. The van der Waals surface area contributed by atoms with Crippen molar-refractivity contribution in [3.63, 3.8) is 0 Å². The van der Waals surface area contributed by atoms with Gasteiger partial charge in [0.05, 0.1) is 12.5 Å². The van der Waals surface area contributed by atoms with E-state index in [1.54, 1.807) is 0 Å². The lowest BCUT2D eigenvalue weighted by molar-refractivity contribution is 0.595. The first-order chi connectivity index (χ1) is 5.92. The van der Waals surface area contributed by atoms with Crippen LogP contribution in [0.1, 0.15) is 23.6 Å². The van der Waals surface area contributed by atoms with Crippen LogP contribution in [0.2, 0.25) is 0 Å². The third-order valence-corrected chi connectivity index (χ3v) is 2.26. The van der Waals surface area contributed by atoms with Gasteiger partial charge in [-0.25, -0.2) is 0 Å². The van der Waals surface area contributed by atoms with Crippen molar-refractivity contribution in [2.75, 3.05) is 0 Å². The average Bonchev–Trinajstić information content (AvgIpc) is 2.50. The van der Waals surface area contributed by atoms with Crippen LogP contribution in [0.25, 0.3) is 0 Å². The number of nitriles is 1. The summed E-state index contributed by atoms with van der Waals surface area (Å²) in [6, 6.07) is 10.7. The van der Waals surface area contributed by atoms with Gasteiger partial charge in [0.1, 0.15) is 0 Å². The van der Waals surface area contributed by atoms with E-state index < -0.39 is 0 Å². The van der Waals surface area contributed by atoms with Gasteiger partial charge in [-0.1, -0.05) is 24.3 Å². The second-order valence-corrected chi connectivity index (χ2v) is 2.99. The van der Waals surface area contributed by atoms with Gasteiger partial charge in [0.25, 0.3) is 0 Å². The van der Waals surface area contributed by atoms with Gasteiger partial charge in [-0.3, -0.25) is 0 Å². The molecule has 0 bridgehead atoms. The molecule has 1 aromatic rings. The number of benzene rings is 1. The molecule has 0 saturated heterocycles. The van der Waals surface area contributed by atoms with Crippen LogP contribution in [0.4, 0.5) is 0 Å². The third-order valence-electron chi connectivity index (χ3n) is 2.26. The maximum absolute atomic E-state index is 8.56. The fraction of sp³-hybridized carbons (Fsp3) is 0.300. The molecule has 0 aromatic heterocycles. The largest absolute Gasteiger partial charge is 0.305 e. The summed E-state index contributed by atoms with van der Waals surface area (Å²) in [4.78, 5) is 0. The van der Waals surface area contributed by atoms with Crippen LogP contribution in [0.15, 0.2) is 24.3 Å². The van der Waals surface area contributed by atoms with E-state index in [0.29, 0.717) is 6.42 Å². The Morgan fingerprint density at radius 1 is 1.50 bits per heavy atom. The van der Waals surface area contributed by atoms with Crippen LogP contribution >= 0.6 is 0 Å². The summed E-state index contributed by atoms with van der Waals surface area (Å²) in [6.45, 7) is 0.905. The SMILES string of the molecule is N#CCC1NCc2ccccc21. The van der Waals surface area contributed by atoms with E-state index in [9.17, 15) is 0 Å².